The first-order valence-corrected chi connectivity index (χ1v) is 6.44. The van der Waals surface area contributed by atoms with Crippen molar-refractivity contribution in [2.24, 2.45) is 5.84 Å². The second-order valence-corrected chi connectivity index (χ2v) is 4.81. The van der Waals surface area contributed by atoms with E-state index < -0.39 is 5.91 Å². The number of hydrogen-bond acceptors (Lipinski definition) is 5. The summed E-state index contributed by atoms with van der Waals surface area (Å²) in [6.07, 6.45) is 0.727. The van der Waals surface area contributed by atoms with Crippen molar-refractivity contribution in [3.63, 3.8) is 0 Å². The SMILES string of the molecule is Cc1oc(C(=O)NN)cc1CN(CCCO)C(C)C. The molecule has 1 amide bonds. The van der Waals surface area contributed by atoms with E-state index in [-0.39, 0.29) is 12.4 Å². The fourth-order valence-corrected chi connectivity index (χ4v) is 1.87. The van der Waals surface area contributed by atoms with Gasteiger partial charge >= 0.3 is 5.91 Å². The molecule has 1 heterocycles. The molecule has 0 saturated heterocycles. The first-order chi connectivity index (χ1) is 8.99. The van der Waals surface area contributed by atoms with E-state index in [2.05, 4.69) is 24.2 Å². The van der Waals surface area contributed by atoms with Gasteiger partial charge in [0.05, 0.1) is 0 Å². The van der Waals surface area contributed by atoms with Crippen molar-refractivity contribution in [2.75, 3.05) is 13.2 Å². The van der Waals surface area contributed by atoms with Gasteiger partial charge < -0.3 is 9.52 Å². The minimum absolute atomic E-state index is 0.175. The van der Waals surface area contributed by atoms with Gasteiger partial charge in [-0.2, -0.15) is 0 Å². The van der Waals surface area contributed by atoms with Crippen LogP contribution in [0.4, 0.5) is 0 Å². The summed E-state index contributed by atoms with van der Waals surface area (Å²) in [4.78, 5) is 13.6. The Labute approximate surface area is 113 Å². The van der Waals surface area contributed by atoms with Gasteiger partial charge in [-0.3, -0.25) is 15.1 Å². The quantitative estimate of drug-likeness (QED) is 0.386. The van der Waals surface area contributed by atoms with Crippen molar-refractivity contribution in [1.29, 1.82) is 0 Å². The van der Waals surface area contributed by atoms with Gasteiger partial charge in [0.25, 0.3) is 0 Å². The molecular formula is C13H23N3O3. The second kappa shape index (κ2) is 7.28. The van der Waals surface area contributed by atoms with Crippen LogP contribution in [-0.2, 0) is 6.54 Å². The molecule has 1 rings (SSSR count). The zero-order valence-corrected chi connectivity index (χ0v) is 11.8. The number of nitrogen functional groups attached to an aromatic ring is 1. The smallest absolute Gasteiger partial charge is 0.300 e. The molecule has 0 aliphatic rings. The number of carbonyl (C=O) groups excluding carboxylic acids is 1. The molecular weight excluding hydrogens is 246 g/mol. The number of aryl methyl sites for hydroxylation is 1. The Morgan fingerprint density at radius 1 is 1.58 bits per heavy atom. The van der Waals surface area contributed by atoms with Crippen LogP contribution in [-0.4, -0.2) is 35.1 Å². The molecule has 6 heteroatoms. The molecule has 1 aromatic rings. The Morgan fingerprint density at radius 3 is 2.79 bits per heavy atom. The van der Waals surface area contributed by atoms with Crippen molar-refractivity contribution >= 4 is 5.91 Å². The van der Waals surface area contributed by atoms with Crippen LogP contribution < -0.4 is 11.3 Å². The number of carbonyl (C=O) groups is 1. The summed E-state index contributed by atoms with van der Waals surface area (Å²) in [6, 6.07) is 2.07. The molecule has 0 saturated carbocycles. The van der Waals surface area contributed by atoms with Gasteiger partial charge in [0.2, 0.25) is 0 Å². The van der Waals surface area contributed by atoms with Crippen LogP contribution >= 0.6 is 0 Å². The maximum absolute atomic E-state index is 11.4. The van der Waals surface area contributed by atoms with Gasteiger partial charge in [0.1, 0.15) is 5.76 Å². The highest BCUT2D eigenvalue weighted by atomic mass is 16.4. The average Bonchev–Trinajstić information content (AvgIpc) is 2.74. The van der Waals surface area contributed by atoms with Gasteiger partial charge in [0, 0.05) is 31.3 Å². The lowest BCUT2D eigenvalue weighted by Gasteiger charge is -2.25. The van der Waals surface area contributed by atoms with Crippen molar-refractivity contribution in [1.82, 2.24) is 10.3 Å². The van der Waals surface area contributed by atoms with Crippen LogP contribution in [0.2, 0.25) is 0 Å². The Morgan fingerprint density at radius 2 is 2.26 bits per heavy atom. The summed E-state index contributed by atoms with van der Waals surface area (Å²) in [5.74, 6) is 5.59. The molecule has 108 valence electrons. The van der Waals surface area contributed by atoms with Crippen LogP contribution in [0.15, 0.2) is 10.5 Å². The molecule has 0 bridgehead atoms. The topological polar surface area (TPSA) is 91.7 Å². The molecule has 19 heavy (non-hydrogen) atoms. The molecule has 6 nitrogen and oxygen atoms in total. The van der Waals surface area contributed by atoms with E-state index in [0.29, 0.717) is 18.3 Å². The highest BCUT2D eigenvalue weighted by Gasteiger charge is 2.17. The molecule has 4 N–H and O–H groups in total. The number of amides is 1. The van der Waals surface area contributed by atoms with Crippen LogP contribution in [0.5, 0.6) is 0 Å². The van der Waals surface area contributed by atoms with Gasteiger partial charge in [-0.05, 0) is 33.3 Å². The zero-order valence-electron chi connectivity index (χ0n) is 11.8. The van der Waals surface area contributed by atoms with Gasteiger partial charge in [-0.15, -0.1) is 0 Å². The number of nitrogens with one attached hydrogen (secondary N) is 1. The minimum Gasteiger partial charge on any atom is -0.456 e. The highest BCUT2D eigenvalue weighted by molar-refractivity contribution is 5.91. The van der Waals surface area contributed by atoms with E-state index in [9.17, 15) is 4.79 Å². The summed E-state index contributed by atoms with van der Waals surface area (Å²) in [5.41, 5.74) is 3.02. The third kappa shape index (κ3) is 4.34. The molecule has 1 aromatic heterocycles. The number of nitrogens with zero attached hydrogens (tertiary/aromatic N) is 1. The Hall–Kier alpha value is -1.37. The molecule has 0 unspecified atom stereocenters. The van der Waals surface area contributed by atoms with Gasteiger partial charge in [0.15, 0.2) is 5.76 Å². The molecule has 0 spiro atoms. The summed E-state index contributed by atoms with van der Waals surface area (Å²) in [7, 11) is 0. The minimum atomic E-state index is -0.430. The zero-order chi connectivity index (χ0) is 14.4. The Kier molecular flexibility index (Phi) is 6.01. The first-order valence-electron chi connectivity index (χ1n) is 6.44. The molecule has 0 aliphatic carbocycles. The van der Waals surface area contributed by atoms with E-state index in [1.54, 1.807) is 6.07 Å². The second-order valence-electron chi connectivity index (χ2n) is 4.81. The van der Waals surface area contributed by atoms with E-state index in [1.807, 2.05) is 6.92 Å². The van der Waals surface area contributed by atoms with Crippen LogP contribution in [0.25, 0.3) is 0 Å². The first kappa shape index (κ1) is 15.7. The third-order valence-corrected chi connectivity index (χ3v) is 3.08. The molecule has 0 aromatic carbocycles. The van der Waals surface area contributed by atoms with E-state index in [1.165, 1.54) is 0 Å². The lowest BCUT2D eigenvalue weighted by atomic mass is 10.2. The summed E-state index contributed by atoms with van der Waals surface area (Å²) >= 11 is 0. The number of hydrogen-bond donors (Lipinski definition) is 3. The number of nitrogens with two attached hydrogens (primary N) is 1. The third-order valence-electron chi connectivity index (χ3n) is 3.08. The largest absolute Gasteiger partial charge is 0.456 e. The van der Waals surface area contributed by atoms with Crippen LogP contribution in [0, 0.1) is 6.92 Å². The maximum Gasteiger partial charge on any atom is 0.300 e. The Bertz CT molecular complexity index is 415. The fourth-order valence-electron chi connectivity index (χ4n) is 1.87. The van der Waals surface area contributed by atoms with E-state index >= 15 is 0 Å². The monoisotopic (exact) mass is 269 g/mol. The summed E-state index contributed by atoms with van der Waals surface area (Å²) in [5, 5.41) is 8.91. The summed E-state index contributed by atoms with van der Waals surface area (Å²) in [6.45, 7) is 7.68. The van der Waals surface area contributed by atoms with E-state index in [4.69, 9.17) is 15.4 Å². The highest BCUT2D eigenvalue weighted by Crippen LogP contribution is 2.18. The van der Waals surface area contributed by atoms with Crippen molar-refractivity contribution < 1.29 is 14.3 Å². The average molecular weight is 269 g/mol. The van der Waals surface area contributed by atoms with Crippen molar-refractivity contribution in [3.8, 4) is 0 Å². The molecule has 0 aliphatic heterocycles. The molecule has 0 radical (unpaired) electrons. The number of hydrazine groups is 1. The number of aliphatic hydroxyl groups excluding tert-OH is 1. The van der Waals surface area contributed by atoms with Crippen molar-refractivity contribution in [2.45, 2.75) is 39.8 Å². The van der Waals surface area contributed by atoms with E-state index in [0.717, 1.165) is 18.5 Å². The number of furan rings is 1. The predicted octanol–water partition coefficient (Wildman–Crippen LogP) is 0.784. The normalized spacial score (nSPS) is 11.3. The van der Waals surface area contributed by atoms with Crippen LogP contribution in [0.3, 0.4) is 0 Å². The van der Waals surface area contributed by atoms with Crippen LogP contribution in [0.1, 0.15) is 42.1 Å². The molecule has 0 fully saturated rings. The van der Waals surface area contributed by atoms with Crippen molar-refractivity contribution in [3.05, 3.63) is 23.2 Å². The van der Waals surface area contributed by atoms with Gasteiger partial charge in [-0.25, -0.2) is 5.84 Å². The Balaban J connectivity index is 2.78. The maximum atomic E-state index is 11.4. The molecule has 0 atom stereocenters. The number of rotatable bonds is 7. The lowest BCUT2D eigenvalue weighted by molar-refractivity contribution is 0.0924. The summed E-state index contributed by atoms with van der Waals surface area (Å²) < 4.78 is 5.38. The number of aliphatic hydroxyl groups is 1. The predicted molar refractivity (Wildman–Crippen MR) is 72.3 cm³/mol. The lowest BCUT2D eigenvalue weighted by Crippen LogP contribution is -2.32. The standard InChI is InChI=1S/C13H23N3O3/c1-9(2)16(5-4-6-17)8-11-7-12(13(18)15-14)19-10(11)3/h7,9,17H,4-6,8,14H2,1-3H3,(H,15,18). The fraction of sp³-hybridized carbons (Fsp3) is 0.615. The van der Waals surface area contributed by atoms with Gasteiger partial charge in [-0.1, -0.05) is 0 Å².